The van der Waals surface area contributed by atoms with E-state index in [2.05, 4.69) is 12.2 Å². The predicted octanol–water partition coefficient (Wildman–Crippen LogP) is 0.165. The minimum atomic E-state index is -0.764. The van der Waals surface area contributed by atoms with Crippen molar-refractivity contribution in [2.75, 3.05) is 26.2 Å². The number of carboxylic acids is 1. The molecule has 2 N–H and O–H groups in total. The van der Waals surface area contributed by atoms with Gasteiger partial charge < -0.3 is 15.3 Å². The molecular weight excluding hydrogens is 220 g/mol. The highest BCUT2D eigenvalue weighted by atomic mass is 16.4. The highest BCUT2D eigenvalue weighted by Gasteiger charge is 2.36. The Bertz CT molecular complexity index is 319. The Balaban J connectivity index is 1.87. The van der Waals surface area contributed by atoms with E-state index in [9.17, 15) is 9.59 Å². The molecule has 1 amide bonds. The lowest BCUT2D eigenvalue weighted by Gasteiger charge is -2.22. The van der Waals surface area contributed by atoms with E-state index in [0.29, 0.717) is 12.5 Å². The Labute approximate surface area is 101 Å². The molecule has 1 unspecified atom stereocenters. The van der Waals surface area contributed by atoms with Gasteiger partial charge >= 0.3 is 5.97 Å². The summed E-state index contributed by atoms with van der Waals surface area (Å²) in [5, 5.41) is 12.0. The Morgan fingerprint density at radius 3 is 2.76 bits per heavy atom. The van der Waals surface area contributed by atoms with Crippen LogP contribution in [0.2, 0.25) is 0 Å². The Morgan fingerprint density at radius 2 is 2.18 bits per heavy atom. The molecule has 3 atom stereocenters. The summed E-state index contributed by atoms with van der Waals surface area (Å²) >= 11 is 0. The summed E-state index contributed by atoms with van der Waals surface area (Å²) in [6, 6.07) is 0. The first-order chi connectivity index (χ1) is 8.08. The summed E-state index contributed by atoms with van der Waals surface area (Å²) < 4.78 is 0. The first-order valence-electron chi connectivity index (χ1n) is 6.29. The fraction of sp³-hybridized carbons (Fsp3) is 0.833. The maximum absolute atomic E-state index is 12.2. The predicted molar refractivity (Wildman–Crippen MR) is 62.5 cm³/mol. The number of hydrogen-bond acceptors (Lipinski definition) is 3. The molecule has 2 aliphatic rings. The van der Waals surface area contributed by atoms with Gasteiger partial charge in [0.25, 0.3) is 0 Å². The minimum absolute atomic E-state index is 0.0820. The number of carbonyl (C=O) groups excluding carboxylic acids is 1. The molecule has 5 heteroatoms. The minimum Gasteiger partial charge on any atom is -0.481 e. The quantitative estimate of drug-likeness (QED) is 0.737. The number of aliphatic carboxylic acids is 1. The molecule has 2 fully saturated rings. The fourth-order valence-electron chi connectivity index (χ4n) is 2.82. The number of hydrogen-bond donors (Lipinski definition) is 2. The number of nitrogens with zero attached hydrogens (tertiary/aromatic N) is 1. The average molecular weight is 240 g/mol. The molecule has 2 aliphatic heterocycles. The van der Waals surface area contributed by atoms with Crippen molar-refractivity contribution in [3.05, 3.63) is 0 Å². The number of likely N-dealkylation sites (tertiary alicyclic amines) is 1. The summed E-state index contributed by atoms with van der Waals surface area (Å²) in [5.41, 5.74) is 0. The SMILES string of the molecule is C[C@@H]1CNC[C@H]1C(=O)N1CCC(CC(=O)O)C1. The summed E-state index contributed by atoms with van der Waals surface area (Å²) in [4.78, 5) is 24.7. The van der Waals surface area contributed by atoms with Crippen LogP contribution in [0, 0.1) is 17.8 Å². The zero-order valence-electron chi connectivity index (χ0n) is 10.2. The van der Waals surface area contributed by atoms with E-state index in [1.165, 1.54) is 0 Å². The second-order valence-electron chi connectivity index (χ2n) is 5.28. The van der Waals surface area contributed by atoms with Crippen molar-refractivity contribution in [2.45, 2.75) is 19.8 Å². The lowest BCUT2D eigenvalue weighted by atomic mass is 9.97. The monoisotopic (exact) mass is 240 g/mol. The van der Waals surface area contributed by atoms with Crippen LogP contribution >= 0.6 is 0 Å². The zero-order chi connectivity index (χ0) is 12.4. The summed E-state index contributed by atoms with van der Waals surface area (Å²) in [6.45, 7) is 5.10. The molecule has 96 valence electrons. The molecule has 0 radical (unpaired) electrons. The Kier molecular flexibility index (Phi) is 3.66. The van der Waals surface area contributed by atoms with Crippen molar-refractivity contribution < 1.29 is 14.7 Å². The van der Waals surface area contributed by atoms with Gasteiger partial charge in [0.15, 0.2) is 0 Å². The van der Waals surface area contributed by atoms with Gasteiger partial charge in [-0.3, -0.25) is 9.59 Å². The van der Waals surface area contributed by atoms with Crippen LogP contribution in [-0.4, -0.2) is 48.1 Å². The lowest BCUT2D eigenvalue weighted by Crippen LogP contribution is -2.37. The number of carboxylic acid groups (broad SMARTS) is 1. The Hall–Kier alpha value is -1.10. The van der Waals surface area contributed by atoms with Crippen LogP contribution in [-0.2, 0) is 9.59 Å². The van der Waals surface area contributed by atoms with Crippen LogP contribution < -0.4 is 5.32 Å². The first kappa shape index (κ1) is 12.4. The van der Waals surface area contributed by atoms with Crippen molar-refractivity contribution >= 4 is 11.9 Å². The fourth-order valence-corrected chi connectivity index (χ4v) is 2.82. The normalized spacial score (nSPS) is 33.0. The van der Waals surface area contributed by atoms with Crippen molar-refractivity contribution in [1.29, 1.82) is 0 Å². The van der Waals surface area contributed by atoms with Crippen molar-refractivity contribution in [1.82, 2.24) is 10.2 Å². The third-order valence-electron chi connectivity index (χ3n) is 3.90. The van der Waals surface area contributed by atoms with Crippen LogP contribution in [0.15, 0.2) is 0 Å². The Morgan fingerprint density at radius 1 is 1.41 bits per heavy atom. The highest BCUT2D eigenvalue weighted by molar-refractivity contribution is 5.80. The number of carbonyl (C=O) groups is 2. The zero-order valence-corrected chi connectivity index (χ0v) is 10.2. The molecule has 0 spiro atoms. The summed E-state index contributed by atoms with van der Waals surface area (Å²) in [5.74, 6) is 0.0521. The molecule has 5 nitrogen and oxygen atoms in total. The third kappa shape index (κ3) is 2.77. The van der Waals surface area contributed by atoms with Crippen LogP contribution in [0.25, 0.3) is 0 Å². The van der Waals surface area contributed by atoms with Crippen LogP contribution in [0.3, 0.4) is 0 Å². The van der Waals surface area contributed by atoms with E-state index < -0.39 is 5.97 Å². The topological polar surface area (TPSA) is 69.6 Å². The van der Waals surface area contributed by atoms with Crippen molar-refractivity contribution in [3.8, 4) is 0 Å². The van der Waals surface area contributed by atoms with Gasteiger partial charge in [0.1, 0.15) is 0 Å². The maximum Gasteiger partial charge on any atom is 0.303 e. The molecule has 17 heavy (non-hydrogen) atoms. The van der Waals surface area contributed by atoms with E-state index in [0.717, 1.165) is 26.1 Å². The van der Waals surface area contributed by atoms with Gasteiger partial charge in [0.2, 0.25) is 5.91 Å². The second-order valence-corrected chi connectivity index (χ2v) is 5.28. The average Bonchev–Trinajstić information content (AvgIpc) is 2.85. The molecule has 2 rings (SSSR count). The van der Waals surface area contributed by atoms with Crippen molar-refractivity contribution in [2.24, 2.45) is 17.8 Å². The van der Waals surface area contributed by atoms with Gasteiger partial charge in [0.05, 0.1) is 5.92 Å². The largest absolute Gasteiger partial charge is 0.481 e. The lowest BCUT2D eigenvalue weighted by molar-refractivity contribution is -0.139. The van der Waals surface area contributed by atoms with Gasteiger partial charge in [-0.2, -0.15) is 0 Å². The summed E-state index contributed by atoms with van der Waals surface area (Å²) in [6.07, 6.45) is 1.01. The van der Waals surface area contributed by atoms with E-state index in [1.54, 1.807) is 0 Å². The molecule has 2 heterocycles. The van der Waals surface area contributed by atoms with Gasteiger partial charge in [-0.25, -0.2) is 0 Å². The van der Waals surface area contributed by atoms with E-state index in [-0.39, 0.29) is 24.2 Å². The van der Waals surface area contributed by atoms with Gasteiger partial charge in [0, 0.05) is 26.1 Å². The third-order valence-corrected chi connectivity index (χ3v) is 3.90. The van der Waals surface area contributed by atoms with E-state index in [4.69, 9.17) is 5.11 Å². The molecule has 0 aromatic heterocycles. The first-order valence-corrected chi connectivity index (χ1v) is 6.29. The molecule has 0 bridgehead atoms. The molecular formula is C12H20N2O3. The smallest absolute Gasteiger partial charge is 0.303 e. The van der Waals surface area contributed by atoms with Gasteiger partial charge in [-0.05, 0) is 24.8 Å². The van der Waals surface area contributed by atoms with E-state index in [1.807, 2.05) is 4.90 Å². The number of rotatable bonds is 3. The maximum atomic E-state index is 12.2. The molecule has 0 aromatic rings. The van der Waals surface area contributed by atoms with Crippen LogP contribution in [0.4, 0.5) is 0 Å². The standard InChI is InChI=1S/C12H20N2O3/c1-8-5-13-6-10(8)12(17)14-3-2-9(7-14)4-11(15)16/h8-10,13H,2-7H2,1H3,(H,15,16)/t8-,9?,10-/m1/s1. The molecule has 0 saturated carbocycles. The van der Waals surface area contributed by atoms with Gasteiger partial charge in [-0.1, -0.05) is 6.92 Å². The molecule has 2 saturated heterocycles. The van der Waals surface area contributed by atoms with Crippen LogP contribution in [0.5, 0.6) is 0 Å². The molecule has 0 aromatic carbocycles. The number of nitrogens with one attached hydrogen (secondary N) is 1. The van der Waals surface area contributed by atoms with Crippen LogP contribution in [0.1, 0.15) is 19.8 Å². The van der Waals surface area contributed by atoms with E-state index >= 15 is 0 Å². The molecule has 0 aliphatic carbocycles. The van der Waals surface area contributed by atoms with Crippen molar-refractivity contribution in [3.63, 3.8) is 0 Å². The van der Waals surface area contributed by atoms with Gasteiger partial charge in [-0.15, -0.1) is 0 Å². The second kappa shape index (κ2) is 5.04. The summed E-state index contributed by atoms with van der Waals surface area (Å²) in [7, 11) is 0. The number of amides is 1. The highest BCUT2D eigenvalue weighted by Crippen LogP contribution is 2.25.